The molecule has 140 valence electrons. The maximum Gasteiger partial charge on any atom is 0.246 e. The van der Waals surface area contributed by atoms with Gasteiger partial charge in [0.15, 0.2) is 0 Å². The first kappa shape index (κ1) is 19.5. The highest BCUT2D eigenvalue weighted by Gasteiger charge is 2.27. The maximum atomic E-state index is 12.1. The highest BCUT2D eigenvalue weighted by molar-refractivity contribution is 5.95. The number of rotatable bonds is 6. The standard InChI is InChI=1S/C18H25N5O3/c1-18(2,3)16(19)17(25)22-13-9-20-23(10-13)11-15(24)21-12-5-7-14(26-4)8-6-12/h5-10,16H,11,19H2,1-4H3,(H,21,24)(H,22,25)/t16-/m1/s1. The van der Waals surface area contributed by atoms with Gasteiger partial charge in [-0.25, -0.2) is 0 Å². The van der Waals surface area contributed by atoms with Crippen molar-refractivity contribution in [3.8, 4) is 5.75 Å². The van der Waals surface area contributed by atoms with Crippen LogP contribution < -0.4 is 21.1 Å². The number of nitrogens with two attached hydrogens (primary N) is 1. The quantitative estimate of drug-likeness (QED) is 0.729. The summed E-state index contributed by atoms with van der Waals surface area (Å²) in [5, 5.41) is 9.56. The molecule has 1 heterocycles. The fraction of sp³-hybridized carbons (Fsp3) is 0.389. The third-order valence-corrected chi connectivity index (χ3v) is 3.80. The number of hydrogen-bond donors (Lipinski definition) is 3. The molecule has 8 heteroatoms. The molecule has 0 saturated carbocycles. The van der Waals surface area contributed by atoms with Gasteiger partial charge in [0.1, 0.15) is 12.3 Å². The Kier molecular flexibility index (Phi) is 5.99. The number of carbonyl (C=O) groups is 2. The van der Waals surface area contributed by atoms with Crippen LogP contribution in [0.1, 0.15) is 20.8 Å². The summed E-state index contributed by atoms with van der Waals surface area (Å²) < 4.78 is 6.51. The van der Waals surface area contributed by atoms with Crippen LogP contribution in [0.15, 0.2) is 36.7 Å². The van der Waals surface area contributed by atoms with Crippen LogP contribution >= 0.6 is 0 Å². The second kappa shape index (κ2) is 8.01. The zero-order chi connectivity index (χ0) is 19.3. The lowest BCUT2D eigenvalue weighted by Crippen LogP contribution is -2.45. The van der Waals surface area contributed by atoms with Crippen molar-refractivity contribution in [1.29, 1.82) is 0 Å². The van der Waals surface area contributed by atoms with E-state index in [1.807, 2.05) is 20.8 Å². The van der Waals surface area contributed by atoms with Crippen LogP contribution in [0, 0.1) is 5.41 Å². The Morgan fingerprint density at radius 3 is 2.42 bits per heavy atom. The molecule has 1 atom stereocenters. The summed E-state index contributed by atoms with van der Waals surface area (Å²) in [6, 6.07) is 6.37. The molecule has 0 aliphatic rings. The molecule has 0 aliphatic heterocycles. The van der Waals surface area contributed by atoms with E-state index >= 15 is 0 Å². The molecule has 0 fully saturated rings. The third-order valence-electron chi connectivity index (χ3n) is 3.80. The number of carbonyl (C=O) groups excluding carboxylic acids is 2. The number of benzene rings is 1. The Morgan fingerprint density at radius 2 is 1.85 bits per heavy atom. The van der Waals surface area contributed by atoms with E-state index < -0.39 is 6.04 Å². The van der Waals surface area contributed by atoms with E-state index in [9.17, 15) is 9.59 Å². The molecule has 1 aromatic heterocycles. The Bertz CT molecular complexity index is 762. The van der Waals surface area contributed by atoms with E-state index in [1.165, 1.54) is 10.9 Å². The molecule has 26 heavy (non-hydrogen) atoms. The number of hydrogen-bond acceptors (Lipinski definition) is 5. The predicted octanol–water partition coefficient (Wildman–Crippen LogP) is 1.84. The van der Waals surface area contributed by atoms with Gasteiger partial charge >= 0.3 is 0 Å². The second-order valence-electron chi connectivity index (χ2n) is 7.04. The number of ether oxygens (including phenoxy) is 1. The van der Waals surface area contributed by atoms with Crippen LogP contribution in [0.25, 0.3) is 0 Å². The van der Waals surface area contributed by atoms with Crippen molar-refractivity contribution in [3.63, 3.8) is 0 Å². The highest BCUT2D eigenvalue weighted by Crippen LogP contribution is 2.19. The molecule has 4 N–H and O–H groups in total. The lowest BCUT2D eigenvalue weighted by Gasteiger charge is -2.25. The van der Waals surface area contributed by atoms with Gasteiger partial charge in [0.25, 0.3) is 0 Å². The van der Waals surface area contributed by atoms with E-state index in [1.54, 1.807) is 37.6 Å². The van der Waals surface area contributed by atoms with Gasteiger partial charge in [0.2, 0.25) is 11.8 Å². The Morgan fingerprint density at radius 1 is 1.19 bits per heavy atom. The first-order valence-corrected chi connectivity index (χ1v) is 8.22. The van der Waals surface area contributed by atoms with Crippen molar-refractivity contribution in [1.82, 2.24) is 9.78 Å². The summed E-state index contributed by atoms with van der Waals surface area (Å²) in [5.41, 5.74) is 6.73. The predicted molar refractivity (Wildman–Crippen MR) is 99.9 cm³/mol. The van der Waals surface area contributed by atoms with Crippen molar-refractivity contribution in [3.05, 3.63) is 36.7 Å². The number of nitrogens with one attached hydrogen (secondary N) is 2. The summed E-state index contributed by atoms with van der Waals surface area (Å²) in [4.78, 5) is 24.2. The SMILES string of the molecule is COc1ccc(NC(=O)Cn2cc(NC(=O)[C@@H](N)C(C)(C)C)cn2)cc1. The van der Waals surface area contributed by atoms with E-state index in [0.717, 1.165) is 0 Å². The zero-order valence-corrected chi connectivity index (χ0v) is 15.4. The fourth-order valence-electron chi connectivity index (χ4n) is 2.15. The smallest absolute Gasteiger partial charge is 0.246 e. The largest absolute Gasteiger partial charge is 0.497 e. The van der Waals surface area contributed by atoms with Crippen LogP contribution in [-0.4, -0.2) is 34.7 Å². The number of methoxy groups -OCH3 is 1. The van der Waals surface area contributed by atoms with Crippen molar-refractivity contribution < 1.29 is 14.3 Å². The van der Waals surface area contributed by atoms with Crippen molar-refractivity contribution >= 4 is 23.2 Å². The second-order valence-corrected chi connectivity index (χ2v) is 7.04. The first-order chi connectivity index (χ1) is 12.2. The van der Waals surface area contributed by atoms with Gasteiger partial charge in [-0.2, -0.15) is 5.10 Å². The van der Waals surface area contributed by atoms with Gasteiger partial charge in [-0.15, -0.1) is 0 Å². The Balaban J connectivity index is 1.90. The molecule has 2 rings (SSSR count). The lowest BCUT2D eigenvalue weighted by atomic mass is 9.87. The lowest BCUT2D eigenvalue weighted by molar-refractivity contribution is -0.119. The molecule has 0 bridgehead atoms. The topological polar surface area (TPSA) is 111 Å². The van der Waals surface area contributed by atoms with E-state index in [0.29, 0.717) is 17.1 Å². The molecule has 2 amide bonds. The van der Waals surface area contributed by atoms with E-state index in [4.69, 9.17) is 10.5 Å². The monoisotopic (exact) mass is 359 g/mol. The molecule has 2 aromatic rings. The summed E-state index contributed by atoms with van der Waals surface area (Å²) in [5.74, 6) is 0.186. The number of aromatic nitrogens is 2. The zero-order valence-electron chi connectivity index (χ0n) is 15.4. The van der Waals surface area contributed by atoms with Gasteiger partial charge < -0.3 is 21.1 Å². The van der Waals surface area contributed by atoms with Crippen molar-refractivity contribution in [2.24, 2.45) is 11.1 Å². The molecule has 0 spiro atoms. The minimum Gasteiger partial charge on any atom is -0.497 e. The van der Waals surface area contributed by atoms with Gasteiger partial charge in [-0.3, -0.25) is 14.3 Å². The third kappa shape index (κ3) is 5.32. The Hall–Kier alpha value is -2.87. The molecular formula is C18H25N5O3. The summed E-state index contributed by atoms with van der Waals surface area (Å²) in [7, 11) is 1.58. The Labute approximate surface area is 152 Å². The van der Waals surface area contributed by atoms with E-state index in [2.05, 4.69) is 15.7 Å². The van der Waals surface area contributed by atoms with Crippen LogP contribution in [0.5, 0.6) is 5.75 Å². The number of anilines is 2. The number of nitrogens with zero attached hydrogens (tertiary/aromatic N) is 2. The first-order valence-electron chi connectivity index (χ1n) is 8.22. The average Bonchev–Trinajstić information content (AvgIpc) is 3.00. The van der Waals surface area contributed by atoms with Crippen molar-refractivity contribution in [2.75, 3.05) is 17.7 Å². The molecule has 8 nitrogen and oxygen atoms in total. The minimum absolute atomic E-state index is 0.0211. The van der Waals surface area contributed by atoms with Crippen molar-refractivity contribution in [2.45, 2.75) is 33.4 Å². The maximum absolute atomic E-state index is 12.1. The van der Waals surface area contributed by atoms with Gasteiger partial charge in [-0.05, 0) is 29.7 Å². The minimum atomic E-state index is -0.649. The summed E-state index contributed by atoms with van der Waals surface area (Å²) in [6.45, 7) is 5.70. The molecule has 0 radical (unpaired) electrons. The number of amides is 2. The normalized spacial score (nSPS) is 12.3. The van der Waals surface area contributed by atoms with Crippen LogP contribution in [0.3, 0.4) is 0 Å². The van der Waals surface area contributed by atoms with Gasteiger partial charge in [0.05, 0.1) is 25.0 Å². The fourth-order valence-corrected chi connectivity index (χ4v) is 2.15. The molecular weight excluding hydrogens is 334 g/mol. The van der Waals surface area contributed by atoms with E-state index in [-0.39, 0.29) is 23.8 Å². The summed E-state index contributed by atoms with van der Waals surface area (Å²) >= 11 is 0. The average molecular weight is 359 g/mol. The molecule has 0 aliphatic carbocycles. The molecule has 1 aromatic carbocycles. The van der Waals surface area contributed by atoms with Gasteiger partial charge in [-0.1, -0.05) is 20.8 Å². The summed E-state index contributed by atoms with van der Waals surface area (Å²) in [6.07, 6.45) is 3.06. The van der Waals surface area contributed by atoms with Crippen LogP contribution in [0.2, 0.25) is 0 Å². The van der Waals surface area contributed by atoms with Gasteiger partial charge in [0, 0.05) is 11.9 Å². The molecule has 0 unspecified atom stereocenters. The van der Waals surface area contributed by atoms with Crippen LogP contribution in [0.4, 0.5) is 11.4 Å². The highest BCUT2D eigenvalue weighted by atomic mass is 16.5. The van der Waals surface area contributed by atoms with Crippen LogP contribution in [-0.2, 0) is 16.1 Å². The molecule has 0 saturated heterocycles.